The van der Waals surface area contributed by atoms with Gasteiger partial charge in [-0.1, -0.05) is 23.7 Å². The lowest BCUT2D eigenvalue weighted by molar-refractivity contribution is 0.584. The summed E-state index contributed by atoms with van der Waals surface area (Å²) in [5.41, 5.74) is 1.25. The van der Waals surface area contributed by atoms with E-state index in [1.807, 2.05) is 12.1 Å². The maximum atomic E-state index is 13.0. The van der Waals surface area contributed by atoms with Crippen LogP contribution in [0.1, 0.15) is 5.56 Å². The summed E-state index contributed by atoms with van der Waals surface area (Å²) < 4.78 is 26.0. The van der Waals surface area contributed by atoms with Crippen LogP contribution in [0.15, 0.2) is 42.5 Å². The maximum Gasteiger partial charge on any atom is 0.171 e. The van der Waals surface area contributed by atoms with E-state index in [0.717, 1.165) is 11.6 Å². The molecule has 0 spiro atoms. The van der Waals surface area contributed by atoms with Crippen molar-refractivity contribution in [1.82, 2.24) is 5.32 Å². The van der Waals surface area contributed by atoms with Crippen molar-refractivity contribution in [3.8, 4) is 0 Å². The van der Waals surface area contributed by atoms with Gasteiger partial charge in [0, 0.05) is 23.3 Å². The van der Waals surface area contributed by atoms with E-state index in [1.165, 1.54) is 12.1 Å². The number of halogens is 3. The van der Waals surface area contributed by atoms with E-state index in [-0.39, 0.29) is 10.8 Å². The molecule has 2 N–H and O–H groups in total. The predicted octanol–water partition coefficient (Wildman–Crippen LogP) is 4.10. The van der Waals surface area contributed by atoms with Crippen LogP contribution in [-0.4, -0.2) is 5.11 Å². The highest BCUT2D eigenvalue weighted by molar-refractivity contribution is 7.80. The third kappa shape index (κ3) is 4.43. The van der Waals surface area contributed by atoms with Crippen LogP contribution in [0, 0.1) is 11.6 Å². The highest BCUT2D eigenvalue weighted by atomic mass is 35.5. The number of anilines is 1. The summed E-state index contributed by atoms with van der Waals surface area (Å²) >= 11 is 10.8. The molecule has 6 heteroatoms. The summed E-state index contributed by atoms with van der Waals surface area (Å²) in [6.07, 6.45) is 0. The smallest absolute Gasteiger partial charge is 0.171 e. The molecule has 2 aromatic carbocycles. The van der Waals surface area contributed by atoms with Gasteiger partial charge in [-0.05, 0) is 42.0 Å². The van der Waals surface area contributed by atoms with Crippen molar-refractivity contribution >= 4 is 34.6 Å². The molecule has 0 aliphatic heterocycles. The van der Waals surface area contributed by atoms with Crippen LogP contribution in [0.3, 0.4) is 0 Å². The summed E-state index contributed by atoms with van der Waals surface area (Å²) in [4.78, 5) is 0. The maximum absolute atomic E-state index is 13.0. The number of thiocarbonyl (C=S) groups is 1. The van der Waals surface area contributed by atoms with Gasteiger partial charge in [-0.2, -0.15) is 0 Å². The van der Waals surface area contributed by atoms with Crippen LogP contribution in [0.4, 0.5) is 14.5 Å². The Morgan fingerprint density at radius 1 is 1.05 bits per heavy atom. The first-order chi connectivity index (χ1) is 9.52. The lowest BCUT2D eigenvalue weighted by atomic mass is 10.2. The van der Waals surface area contributed by atoms with E-state index in [0.29, 0.717) is 11.6 Å². The lowest BCUT2D eigenvalue weighted by Gasteiger charge is -2.11. The van der Waals surface area contributed by atoms with Crippen LogP contribution in [0.2, 0.25) is 5.02 Å². The van der Waals surface area contributed by atoms with Crippen molar-refractivity contribution in [1.29, 1.82) is 0 Å². The molecule has 0 fully saturated rings. The molecule has 0 amide bonds. The van der Waals surface area contributed by atoms with Gasteiger partial charge in [0.15, 0.2) is 5.11 Å². The molecule has 0 aliphatic carbocycles. The predicted molar refractivity (Wildman–Crippen MR) is 80.9 cm³/mol. The fraction of sp³-hybridized carbons (Fsp3) is 0.0714. The highest BCUT2D eigenvalue weighted by Crippen LogP contribution is 2.13. The second-order valence-electron chi connectivity index (χ2n) is 4.09. The molecule has 2 nitrogen and oxygen atoms in total. The average molecular weight is 313 g/mol. The summed E-state index contributed by atoms with van der Waals surface area (Å²) in [6, 6.07) is 10.4. The molecule has 2 aromatic rings. The average Bonchev–Trinajstić information content (AvgIpc) is 2.37. The van der Waals surface area contributed by atoms with Gasteiger partial charge in [0.25, 0.3) is 0 Å². The minimum Gasteiger partial charge on any atom is -0.358 e. The molecule has 0 unspecified atom stereocenters. The zero-order chi connectivity index (χ0) is 14.5. The first-order valence-electron chi connectivity index (χ1n) is 5.78. The number of benzene rings is 2. The monoisotopic (exact) mass is 312 g/mol. The molecule has 2 rings (SSSR count). The summed E-state index contributed by atoms with van der Waals surface area (Å²) in [7, 11) is 0. The molecule has 0 aromatic heterocycles. The molecule has 104 valence electrons. The number of hydrogen-bond acceptors (Lipinski definition) is 1. The van der Waals surface area contributed by atoms with E-state index < -0.39 is 11.6 Å². The Balaban J connectivity index is 1.90. The number of rotatable bonds is 3. The van der Waals surface area contributed by atoms with Crippen molar-refractivity contribution in [3.05, 3.63) is 64.7 Å². The lowest BCUT2D eigenvalue weighted by Crippen LogP contribution is -2.27. The molecule has 0 radical (unpaired) electrons. The van der Waals surface area contributed by atoms with Crippen molar-refractivity contribution in [2.45, 2.75) is 6.54 Å². The normalized spacial score (nSPS) is 10.2. The van der Waals surface area contributed by atoms with Gasteiger partial charge in [0.05, 0.1) is 0 Å². The topological polar surface area (TPSA) is 24.1 Å². The SMILES string of the molecule is Fc1cc(F)cc(NC(=S)NCc2ccc(Cl)cc2)c1. The van der Waals surface area contributed by atoms with E-state index in [9.17, 15) is 8.78 Å². The highest BCUT2D eigenvalue weighted by Gasteiger charge is 2.02. The Morgan fingerprint density at radius 2 is 1.65 bits per heavy atom. The number of nitrogens with one attached hydrogen (secondary N) is 2. The molecule has 0 bridgehead atoms. The molecular formula is C14H11ClF2N2S. The first-order valence-corrected chi connectivity index (χ1v) is 6.57. The Bertz CT molecular complexity index is 597. The van der Waals surface area contributed by atoms with Gasteiger partial charge in [-0.15, -0.1) is 0 Å². The van der Waals surface area contributed by atoms with Crippen molar-refractivity contribution < 1.29 is 8.78 Å². The van der Waals surface area contributed by atoms with Crippen molar-refractivity contribution in [2.75, 3.05) is 5.32 Å². The molecular weight excluding hydrogens is 302 g/mol. The largest absolute Gasteiger partial charge is 0.358 e. The Labute approximate surface area is 125 Å². The van der Waals surface area contributed by atoms with E-state index in [2.05, 4.69) is 10.6 Å². The quantitative estimate of drug-likeness (QED) is 0.834. The van der Waals surface area contributed by atoms with E-state index in [4.69, 9.17) is 23.8 Å². The Hall–Kier alpha value is -1.72. The minimum absolute atomic E-state index is 0.260. The Kier molecular flexibility index (Phi) is 4.87. The van der Waals surface area contributed by atoms with E-state index >= 15 is 0 Å². The molecule has 0 atom stereocenters. The van der Waals surface area contributed by atoms with Crippen molar-refractivity contribution in [3.63, 3.8) is 0 Å². The van der Waals surface area contributed by atoms with Gasteiger partial charge in [-0.25, -0.2) is 8.78 Å². The van der Waals surface area contributed by atoms with Gasteiger partial charge >= 0.3 is 0 Å². The van der Waals surface area contributed by atoms with Crippen LogP contribution >= 0.6 is 23.8 Å². The van der Waals surface area contributed by atoms with Gasteiger partial charge < -0.3 is 10.6 Å². The van der Waals surface area contributed by atoms with E-state index in [1.54, 1.807) is 12.1 Å². The Morgan fingerprint density at radius 3 is 2.25 bits per heavy atom. The van der Waals surface area contributed by atoms with Gasteiger partial charge in [-0.3, -0.25) is 0 Å². The third-order valence-corrected chi connectivity index (χ3v) is 2.99. The van der Waals surface area contributed by atoms with Crippen LogP contribution < -0.4 is 10.6 Å². The molecule has 0 aliphatic rings. The third-order valence-electron chi connectivity index (χ3n) is 2.49. The first kappa shape index (κ1) is 14.7. The summed E-state index contributed by atoms with van der Waals surface area (Å²) in [5, 5.41) is 6.60. The number of hydrogen-bond donors (Lipinski definition) is 2. The van der Waals surface area contributed by atoms with Crippen LogP contribution in [-0.2, 0) is 6.54 Å². The van der Waals surface area contributed by atoms with Crippen LogP contribution in [0.25, 0.3) is 0 Å². The zero-order valence-electron chi connectivity index (χ0n) is 10.3. The zero-order valence-corrected chi connectivity index (χ0v) is 11.9. The van der Waals surface area contributed by atoms with Crippen molar-refractivity contribution in [2.24, 2.45) is 0 Å². The van der Waals surface area contributed by atoms with Gasteiger partial charge in [0.2, 0.25) is 0 Å². The summed E-state index contributed by atoms with van der Waals surface area (Å²) in [5.74, 6) is -1.32. The molecule has 20 heavy (non-hydrogen) atoms. The standard InChI is InChI=1S/C14H11ClF2N2S/c15-10-3-1-9(2-4-10)8-18-14(20)19-13-6-11(16)5-12(17)7-13/h1-7H,8H2,(H2,18,19,20). The second kappa shape index (κ2) is 6.63. The fourth-order valence-electron chi connectivity index (χ4n) is 1.59. The summed E-state index contributed by atoms with van der Waals surface area (Å²) in [6.45, 7) is 0.487. The minimum atomic E-state index is -0.659. The van der Waals surface area contributed by atoms with Gasteiger partial charge in [0.1, 0.15) is 11.6 Å². The second-order valence-corrected chi connectivity index (χ2v) is 4.94. The molecule has 0 saturated carbocycles. The fourth-order valence-corrected chi connectivity index (χ4v) is 1.90. The molecule has 0 heterocycles. The van der Waals surface area contributed by atoms with Crippen LogP contribution in [0.5, 0.6) is 0 Å². The molecule has 0 saturated heterocycles.